The fourth-order valence-corrected chi connectivity index (χ4v) is 0.485. The second-order valence-corrected chi connectivity index (χ2v) is 2.43. The van der Waals surface area contributed by atoms with E-state index in [4.69, 9.17) is 4.74 Å². The molecule has 0 N–H and O–H groups in total. The van der Waals surface area contributed by atoms with Gasteiger partial charge in [-0.1, -0.05) is 13.2 Å². The van der Waals surface area contributed by atoms with Gasteiger partial charge in [-0.3, -0.25) is 4.79 Å². The van der Waals surface area contributed by atoms with Crippen molar-refractivity contribution in [2.24, 2.45) is 0 Å². The van der Waals surface area contributed by atoms with Gasteiger partial charge < -0.3 is 4.74 Å². The molecule has 66 valence electrons. The van der Waals surface area contributed by atoms with E-state index in [9.17, 15) is 9.59 Å². The highest BCUT2D eigenvalue weighted by molar-refractivity contribution is 5.96. The third-order valence-corrected chi connectivity index (χ3v) is 1.23. The lowest BCUT2D eigenvalue weighted by Crippen LogP contribution is -2.22. The first-order chi connectivity index (χ1) is 5.49. The van der Waals surface area contributed by atoms with Gasteiger partial charge in [-0.25, -0.2) is 4.79 Å². The Kier molecular flexibility index (Phi) is 3.97. The minimum Gasteiger partial charge on any atom is -0.451 e. The zero-order valence-corrected chi connectivity index (χ0v) is 7.29. The Balaban J connectivity index is 4.09. The summed E-state index contributed by atoms with van der Waals surface area (Å²) in [5, 5.41) is 0. The fourth-order valence-electron chi connectivity index (χ4n) is 0.485. The first kappa shape index (κ1) is 10.6. The highest BCUT2D eigenvalue weighted by Gasteiger charge is 2.14. The van der Waals surface area contributed by atoms with E-state index in [2.05, 4.69) is 13.2 Å². The van der Waals surface area contributed by atoms with Crippen molar-refractivity contribution in [3.63, 3.8) is 0 Å². The molecule has 0 aliphatic carbocycles. The van der Waals surface area contributed by atoms with Gasteiger partial charge in [-0.15, -0.1) is 0 Å². The maximum absolute atomic E-state index is 10.9. The lowest BCUT2D eigenvalue weighted by Gasteiger charge is -2.08. The van der Waals surface area contributed by atoms with Gasteiger partial charge in [0.15, 0.2) is 11.9 Å². The van der Waals surface area contributed by atoms with Crippen LogP contribution in [0.2, 0.25) is 0 Å². The first-order valence-electron chi connectivity index (χ1n) is 3.51. The topological polar surface area (TPSA) is 43.4 Å². The number of hydrogen-bond donors (Lipinski definition) is 0. The van der Waals surface area contributed by atoms with Crippen molar-refractivity contribution in [2.45, 2.75) is 20.0 Å². The van der Waals surface area contributed by atoms with Crippen LogP contribution in [0.5, 0.6) is 0 Å². The van der Waals surface area contributed by atoms with Crippen molar-refractivity contribution in [3.05, 3.63) is 24.8 Å². The molecule has 0 radical (unpaired) electrons. The number of ketones is 1. The van der Waals surface area contributed by atoms with Crippen LogP contribution in [0.25, 0.3) is 0 Å². The Bertz CT molecular complexity index is 228. The largest absolute Gasteiger partial charge is 0.451 e. The average molecular weight is 168 g/mol. The molecule has 0 aromatic carbocycles. The van der Waals surface area contributed by atoms with Gasteiger partial charge in [0.1, 0.15) is 0 Å². The van der Waals surface area contributed by atoms with E-state index in [1.807, 2.05) is 0 Å². The maximum atomic E-state index is 10.9. The average Bonchev–Trinajstić information content (AvgIpc) is 2.02. The summed E-state index contributed by atoms with van der Waals surface area (Å²) in [5.41, 5.74) is 0.277. The minimum absolute atomic E-state index is 0.277. The normalized spacial score (nSPS) is 11.5. The quantitative estimate of drug-likeness (QED) is 0.468. The number of hydrogen-bond acceptors (Lipinski definition) is 3. The van der Waals surface area contributed by atoms with Gasteiger partial charge in [0.2, 0.25) is 0 Å². The van der Waals surface area contributed by atoms with E-state index >= 15 is 0 Å². The highest BCUT2D eigenvalue weighted by Crippen LogP contribution is 1.99. The van der Waals surface area contributed by atoms with Crippen LogP contribution in [-0.2, 0) is 14.3 Å². The van der Waals surface area contributed by atoms with E-state index in [-0.39, 0.29) is 11.4 Å². The molecule has 0 amide bonds. The summed E-state index contributed by atoms with van der Waals surface area (Å²) in [7, 11) is 0. The lowest BCUT2D eigenvalue weighted by molar-refractivity contribution is -0.148. The zero-order chi connectivity index (χ0) is 9.72. The van der Waals surface area contributed by atoms with Gasteiger partial charge >= 0.3 is 5.97 Å². The van der Waals surface area contributed by atoms with Gasteiger partial charge in [0, 0.05) is 5.57 Å². The van der Waals surface area contributed by atoms with E-state index in [1.165, 1.54) is 13.8 Å². The molecule has 3 heteroatoms. The number of carbonyl (C=O) groups is 2. The molecule has 0 aromatic rings. The standard InChI is InChI=1S/C9H12O3/c1-5-8(10)7(4)12-9(11)6(2)3/h5,7H,1-2H2,3-4H3. The number of esters is 1. The second kappa shape index (κ2) is 4.49. The minimum atomic E-state index is -0.772. The van der Waals surface area contributed by atoms with Crippen LogP contribution >= 0.6 is 0 Å². The number of ether oxygens (including phenoxy) is 1. The van der Waals surface area contributed by atoms with E-state index in [0.29, 0.717) is 0 Å². The summed E-state index contributed by atoms with van der Waals surface area (Å²) in [4.78, 5) is 21.7. The summed E-state index contributed by atoms with van der Waals surface area (Å²) in [6, 6.07) is 0. The molecule has 0 aliphatic heterocycles. The van der Waals surface area contributed by atoms with E-state index in [1.54, 1.807) is 0 Å². The van der Waals surface area contributed by atoms with E-state index in [0.717, 1.165) is 6.08 Å². The monoisotopic (exact) mass is 168 g/mol. The predicted molar refractivity (Wildman–Crippen MR) is 45.6 cm³/mol. The van der Waals surface area contributed by atoms with Crippen molar-refractivity contribution < 1.29 is 14.3 Å². The third kappa shape index (κ3) is 3.14. The van der Waals surface area contributed by atoms with Gasteiger partial charge in [0.05, 0.1) is 0 Å². The fraction of sp³-hybridized carbons (Fsp3) is 0.333. The Morgan fingerprint density at radius 1 is 1.50 bits per heavy atom. The molecule has 0 spiro atoms. The van der Waals surface area contributed by atoms with Crippen LogP contribution in [0.4, 0.5) is 0 Å². The van der Waals surface area contributed by atoms with Crippen LogP contribution in [-0.4, -0.2) is 17.9 Å². The van der Waals surface area contributed by atoms with Crippen LogP contribution in [0.3, 0.4) is 0 Å². The Morgan fingerprint density at radius 2 is 2.00 bits per heavy atom. The van der Waals surface area contributed by atoms with Crippen molar-refractivity contribution in [3.8, 4) is 0 Å². The molecule has 0 saturated carbocycles. The van der Waals surface area contributed by atoms with Crippen molar-refractivity contribution in [1.82, 2.24) is 0 Å². The molecule has 0 rings (SSSR count). The molecule has 1 unspecified atom stereocenters. The van der Waals surface area contributed by atoms with Crippen molar-refractivity contribution in [1.29, 1.82) is 0 Å². The maximum Gasteiger partial charge on any atom is 0.333 e. The number of rotatable bonds is 4. The molecular formula is C9H12O3. The smallest absolute Gasteiger partial charge is 0.333 e. The van der Waals surface area contributed by atoms with Crippen LogP contribution in [0.1, 0.15) is 13.8 Å². The molecule has 0 aromatic heterocycles. The lowest BCUT2D eigenvalue weighted by atomic mass is 10.2. The van der Waals surface area contributed by atoms with Gasteiger partial charge in [-0.05, 0) is 19.9 Å². The van der Waals surface area contributed by atoms with Crippen LogP contribution in [0.15, 0.2) is 24.8 Å². The summed E-state index contributed by atoms with van der Waals surface area (Å²) in [6.07, 6.45) is 0.350. The van der Waals surface area contributed by atoms with E-state index < -0.39 is 12.1 Å². The second-order valence-electron chi connectivity index (χ2n) is 2.43. The van der Waals surface area contributed by atoms with Crippen LogP contribution in [0, 0.1) is 0 Å². The molecule has 0 heterocycles. The Hall–Kier alpha value is -1.38. The first-order valence-corrected chi connectivity index (χ1v) is 3.51. The Labute approximate surface area is 71.7 Å². The predicted octanol–water partition coefficient (Wildman–Crippen LogP) is 1.25. The summed E-state index contributed by atoms with van der Waals surface area (Å²) in [5.74, 6) is -0.873. The molecule has 0 aliphatic rings. The molecule has 0 bridgehead atoms. The van der Waals surface area contributed by atoms with Gasteiger partial charge in [-0.2, -0.15) is 0 Å². The summed E-state index contributed by atoms with van der Waals surface area (Å²) < 4.78 is 4.71. The molecule has 0 saturated heterocycles. The summed E-state index contributed by atoms with van der Waals surface area (Å²) in [6.45, 7) is 9.66. The van der Waals surface area contributed by atoms with Crippen LogP contribution < -0.4 is 0 Å². The Morgan fingerprint density at radius 3 is 2.33 bits per heavy atom. The molecule has 0 fully saturated rings. The van der Waals surface area contributed by atoms with Crippen molar-refractivity contribution in [2.75, 3.05) is 0 Å². The molecule has 1 atom stereocenters. The SMILES string of the molecule is C=CC(=O)C(C)OC(=O)C(=C)C. The highest BCUT2D eigenvalue weighted by atomic mass is 16.5. The summed E-state index contributed by atoms with van der Waals surface area (Å²) >= 11 is 0. The third-order valence-electron chi connectivity index (χ3n) is 1.23. The zero-order valence-electron chi connectivity index (χ0n) is 7.29. The molecule has 12 heavy (non-hydrogen) atoms. The molecule has 3 nitrogen and oxygen atoms in total. The molecular weight excluding hydrogens is 156 g/mol. The van der Waals surface area contributed by atoms with Gasteiger partial charge in [0.25, 0.3) is 0 Å². The van der Waals surface area contributed by atoms with Crippen molar-refractivity contribution >= 4 is 11.8 Å². The number of carbonyl (C=O) groups excluding carboxylic acids is 2.